The first-order chi connectivity index (χ1) is 9.87. The Morgan fingerprint density at radius 3 is 2.57 bits per heavy atom. The zero-order valence-corrected chi connectivity index (χ0v) is 12.7. The van der Waals surface area contributed by atoms with Crippen LogP contribution in [0.25, 0.3) is 0 Å². The van der Waals surface area contributed by atoms with Crippen LogP contribution in [0.5, 0.6) is 0 Å². The predicted octanol–water partition coefficient (Wildman–Crippen LogP) is -0.0949. The summed E-state index contributed by atoms with van der Waals surface area (Å²) in [6, 6.07) is 1.61. The molecule has 0 aliphatic carbocycles. The minimum atomic E-state index is -3.41. The zero-order valence-electron chi connectivity index (χ0n) is 11.9. The van der Waals surface area contributed by atoms with Gasteiger partial charge in [-0.05, 0) is 6.92 Å². The Labute approximate surface area is 123 Å². The first kappa shape index (κ1) is 15.9. The Hall–Kier alpha value is -1.45. The molecule has 1 aromatic heterocycles. The Morgan fingerprint density at radius 1 is 1.38 bits per heavy atom. The van der Waals surface area contributed by atoms with E-state index in [4.69, 9.17) is 9.63 Å². The standard InChI is InChI=1S/C12H19N3O5S/c1-10-8-11(13-20-10)9-21(18,19)15-6-4-14(5-7-15)3-2-12(16)17/h8H,2-7,9H2,1H3,(H,16,17). The van der Waals surface area contributed by atoms with Gasteiger partial charge in [0.1, 0.15) is 17.2 Å². The number of carboxylic acid groups (broad SMARTS) is 1. The summed E-state index contributed by atoms with van der Waals surface area (Å²) >= 11 is 0. The van der Waals surface area contributed by atoms with Crippen molar-refractivity contribution >= 4 is 16.0 Å². The number of aromatic nitrogens is 1. The van der Waals surface area contributed by atoms with Crippen molar-refractivity contribution in [3.63, 3.8) is 0 Å². The third kappa shape index (κ3) is 4.51. The summed E-state index contributed by atoms with van der Waals surface area (Å²) in [7, 11) is -3.41. The summed E-state index contributed by atoms with van der Waals surface area (Å²) in [6.45, 7) is 4.00. The van der Waals surface area contributed by atoms with E-state index >= 15 is 0 Å². The molecule has 118 valence electrons. The molecule has 0 spiro atoms. The van der Waals surface area contributed by atoms with E-state index < -0.39 is 16.0 Å². The second kappa shape index (κ2) is 6.54. The van der Waals surface area contributed by atoms with Gasteiger partial charge in [-0.25, -0.2) is 8.42 Å². The van der Waals surface area contributed by atoms with Gasteiger partial charge in [0.05, 0.1) is 6.42 Å². The second-order valence-corrected chi connectivity index (χ2v) is 7.04. The average molecular weight is 317 g/mol. The SMILES string of the molecule is Cc1cc(CS(=O)(=O)N2CCN(CCC(=O)O)CC2)no1. The highest BCUT2D eigenvalue weighted by Gasteiger charge is 2.28. The number of rotatable bonds is 6. The Bertz CT molecular complexity index is 590. The summed E-state index contributed by atoms with van der Waals surface area (Å²) < 4.78 is 30.8. The number of hydrogen-bond donors (Lipinski definition) is 1. The van der Waals surface area contributed by atoms with Gasteiger partial charge in [-0.3, -0.25) is 4.79 Å². The maximum absolute atomic E-state index is 12.3. The largest absolute Gasteiger partial charge is 0.481 e. The normalized spacial score (nSPS) is 18.0. The van der Waals surface area contributed by atoms with Crippen LogP contribution in [0.1, 0.15) is 17.9 Å². The number of piperazine rings is 1. The van der Waals surface area contributed by atoms with Crippen LogP contribution < -0.4 is 0 Å². The minimum absolute atomic E-state index is 0.0744. The molecule has 2 heterocycles. The van der Waals surface area contributed by atoms with Gasteiger partial charge in [-0.1, -0.05) is 5.16 Å². The first-order valence-corrected chi connectivity index (χ1v) is 8.32. The Balaban J connectivity index is 1.87. The molecular formula is C12H19N3O5S. The van der Waals surface area contributed by atoms with Crippen LogP contribution in [0.2, 0.25) is 0 Å². The van der Waals surface area contributed by atoms with Gasteiger partial charge >= 0.3 is 5.97 Å². The van der Waals surface area contributed by atoms with E-state index in [9.17, 15) is 13.2 Å². The summed E-state index contributed by atoms with van der Waals surface area (Å²) in [5, 5.41) is 12.3. The molecular weight excluding hydrogens is 298 g/mol. The highest BCUT2D eigenvalue weighted by molar-refractivity contribution is 7.88. The minimum Gasteiger partial charge on any atom is -0.481 e. The molecule has 0 aromatic carbocycles. The smallest absolute Gasteiger partial charge is 0.304 e. The molecule has 0 atom stereocenters. The molecule has 0 radical (unpaired) electrons. The van der Waals surface area contributed by atoms with Crippen molar-refractivity contribution in [2.24, 2.45) is 0 Å². The molecule has 1 N–H and O–H groups in total. The van der Waals surface area contributed by atoms with Gasteiger partial charge < -0.3 is 14.5 Å². The maximum atomic E-state index is 12.3. The van der Waals surface area contributed by atoms with Crippen LogP contribution >= 0.6 is 0 Å². The van der Waals surface area contributed by atoms with Crippen LogP contribution in [-0.2, 0) is 20.6 Å². The first-order valence-electron chi connectivity index (χ1n) is 6.71. The maximum Gasteiger partial charge on any atom is 0.304 e. The van der Waals surface area contributed by atoms with Gasteiger partial charge in [0, 0.05) is 38.8 Å². The number of hydrogen-bond acceptors (Lipinski definition) is 6. The zero-order chi connectivity index (χ0) is 15.5. The lowest BCUT2D eigenvalue weighted by Crippen LogP contribution is -2.49. The number of carboxylic acids is 1. The van der Waals surface area contributed by atoms with E-state index in [1.165, 1.54) is 4.31 Å². The van der Waals surface area contributed by atoms with Crippen molar-refractivity contribution in [1.29, 1.82) is 0 Å². The van der Waals surface area contributed by atoms with Gasteiger partial charge in [0.25, 0.3) is 0 Å². The van der Waals surface area contributed by atoms with Gasteiger partial charge in [-0.15, -0.1) is 0 Å². The molecule has 0 unspecified atom stereocenters. The lowest BCUT2D eigenvalue weighted by molar-refractivity contribution is -0.137. The van der Waals surface area contributed by atoms with Crippen molar-refractivity contribution in [1.82, 2.24) is 14.4 Å². The molecule has 9 heteroatoms. The fourth-order valence-corrected chi connectivity index (χ4v) is 3.66. The van der Waals surface area contributed by atoms with E-state index in [1.807, 2.05) is 4.90 Å². The molecule has 1 saturated heterocycles. The molecule has 0 amide bonds. The van der Waals surface area contributed by atoms with Gasteiger partial charge in [0.2, 0.25) is 10.0 Å². The van der Waals surface area contributed by atoms with E-state index in [2.05, 4.69) is 5.16 Å². The van der Waals surface area contributed by atoms with Crippen molar-refractivity contribution in [3.05, 3.63) is 17.5 Å². The molecule has 0 saturated carbocycles. The molecule has 21 heavy (non-hydrogen) atoms. The number of nitrogens with zero attached hydrogens (tertiary/aromatic N) is 3. The summed E-state index contributed by atoms with van der Waals surface area (Å²) in [6.07, 6.45) is 0.0744. The highest BCUT2D eigenvalue weighted by atomic mass is 32.2. The monoisotopic (exact) mass is 317 g/mol. The molecule has 0 bridgehead atoms. The summed E-state index contributed by atoms with van der Waals surface area (Å²) in [5.74, 6) is -0.426. The van der Waals surface area contributed by atoms with Crippen LogP contribution in [0, 0.1) is 6.92 Å². The fraction of sp³-hybridized carbons (Fsp3) is 0.667. The topological polar surface area (TPSA) is 104 Å². The van der Waals surface area contributed by atoms with E-state index in [-0.39, 0.29) is 12.2 Å². The predicted molar refractivity (Wildman–Crippen MR) is 74.1 cm³/mol. The number of aryl methyl sites for hydroxylation is 1. The molecule has 1 aliphatic rings. The highest BCUT2D eigenvalue weighted by Crippen LogP contribution is 2.14. The Morgan fingerprint density at radius 2 is 2.05 bits per heavy atom. The summed E-state index contributed by atoms with van der Waals surface area (Å²) in [5.41, 5.74) is 0.404. The number of aliphatic carboxylic acids is 1. The summed E-state index contributed by atoms with van der Waals surface area (Å²) in [4.78, 5) is 12.5. The molecule has 1 aromatic rings. The van der Waals surface area contributed by atoms with Crippen LogP contribution in [0.4, 0.5) is 0 Å². The third-order valence-corrected chi connectivity index (χ3v) is 5.19. The van der Waals surface area contributed by atoms with Crippen LogP contribution in [-0.4, -0.2) is 66.6 Å². The third-order valence-electron chi connectivity index (χ3n) is 3.37. The molecule has 2 rings (SSSR count). The molecule has 1 fully saturated rings. The average Bonchev–Trinajstić information content (AvgIpc) is 2.81. The lowest BCUT2D eigenvalue weighted by atomic mass is 10.3. The van der Waals surface area contributed by atoms with E-state index in [1.54, 1.807) is 13.0 Å². The van der Waals surface area contributed by atoms with Crippen molar-refractivity contribution in [3.8, 4) is 0 Å². The van der Waals surface area contributed by atoms with Crippen molar-refractivity contribution in [2.75, 3.05) is 32.7 Å². The van der Waals surface area contributed by atoms with E-state index in [0.29, 0.717) is 44.2 Å². The fourth-order valence-electron chi connectivity index (χ4n) is 2.25. The lowest BCUT2D eigenvalue weighted by Gasteiger charge is -2.33. The van der Waals surface area contributed by atoms with Gasteiger partial charge in [-0.2, -0.15) is 4.31 Å². The molecule has 8 nitrogen and oxygen atoms in total. The number of sulfonamides is 1. The van der Waals surface area contributed by atoms with Crippen molar-refractivity contribution < 1.29 is 22.8 Å². The Kier molecular flexibility index (Phi) is 4.96. The number of carbonyl (C=O) groups is 1. The van der Waals surface area contributed by atoms with Crippen LogP contribution in [0.15, 0.2) is 10.6 Å². The van der Waals surface area contributed by atoms with Crippen molar-refractivity contribution in [2.45, 2.75) is 19.1 Å². The second-order valence-electron chi connectivity index (χ2n) is 5.07. The molecule has 1 aliphatic heterocycles. The van der Waals surface area contributed by atoms with Gasteiger partial charge in [0.15, 0.2) is 0 Å². The quantitative estimate of drug-likeness (QED) is 0.781. The van der Waals surface area contributed by atoms with E-state index in [0.717, 1.165) is 0 Å². The van der Waals surface area contributed by atoms with Crippen LogP contribution in [0.3, 0.4) is 0 Å².